The van der Waals surface area contributed by atoms with Crippen molar-refractivity contribution in [2.75, 3.05) is 11.4 Å². The van der Waals surface area contributed by atoms with Crippen LogP contribution in [-0.2, 0) is 11.8 Å². The zero-order valence-electron chi connectivity index (χ0n) is 17.5. The quantitative estimate of drug-likeness (QED) is 0.515. The minimum Gasteiger partial charge on any atom is -0.309 e. The van der Waals surface area contributed by atoms with E-state index in [0.717, 1.165) is 46.1 Å². The number of carbonyl (C=O) groups is 1. The molecule has 0 unspecified atom stereocenters. The van der Waals surface area contributed by atoms with Gasteiger partial charge in [0.2, 0.25) is 5.91 Å². The summed E-state index contributed by atoms with van der Waals surface area (Å²) >= 11 is 0. The van der Waals surface area contributed by atoms with Crippen molar-refractivity contribution < 1.29 is 4.79 Å². The number of anilines is 1. The number of benzene rings is 1. The lowest BCUT2D eigenvalue weighted by atomic mass is 9.75. The number of carbonyl (C=O) groups excluding carboxylic acids is 1. The highest BCUT2D eigenvalue weighted by Gasteiger charge is 2.61. The van der Waals surface area contributed by atoms with Gasteiger partial charge < -0.3 is 4.90 Å². The van der Waals surface area contributed by atoms with E-state index in [-0.39, 0.29) is 17.7 Å². The normalized spacial score (nSPS) is 23.7. The maximum atomic E-state index is 13.5. The first-order chi connectivity index (χ1) is 15.0. The van der Waals surface area contributed by atoms with E-state index in [2.05, 4.69) is 34.5 Å². The molecule has 1 saturated heterocycles. The van der Waals surface area contributed by atoms with Gasteiger partial charge in [0.1, 0.15) is 5.41 Å². The summed E-state index contributed by atoms with van der Waals surface area (Å²) in [5.74, 6) is 0.132. The van der Waals surface area contributed by atoms with Crippen LogP contribution in [-0.4, -0.2) is 31.8 Å². The second-order valence-corrected chi connectivity index (χ2v) is 8.85. The van der Waals surface area contributed by atoms with E-state index >= 15 is 0 Å². The number of hydrogen-bond donors (Lipinski definition) is 0. The lowest BCUT2D eigenvalue weighted by Gasteiger charge is -2.23. The topological polar surface area (TPSA) is 79.2 Å². The lowest BCUT2D eigenvalue weighted by molar-refractivity contribution is -0.124. The Bertz CT molecular complexity index is 1400. The summed E-state index contributed by atoms with van der Waals surface area (Å²) in [6.07, 6.45) is 7.52. The van der Waals surface area contributed by atoms with Crippen LogP contribution in [0, 0.1) is 28.6 Å². The smallest absolute Gasteiger partial charge is 0.248 e. The molecule has 4 aromatic rings. The molecule has 2 aliphatic rings. The van der Waals surface area contributed by atoms with E-state index in [1.165, 1.54) is 0 Å². The Hall–Kier alpha value is -3.66. The molecule has 0 bridgehead atoms. The van der Waals surface area contributed by atoms with Gasteiger partial charge in [-0.05, 0) is 42.5 Å². The molecule has 7 heteroatoms. The molecule has 2 fully saturated rings. The molecule has 1 aromatic carbocycles. The van der Waals surface area contributed by atoms with Crippen LogP contribution in [0.2, 0.25) is 0 Å². The second kappa shape index (κ2) is 6.17. The molecule has 0 N–H and O–H groups in total. The summed E-state index contributed by atoms with van der Waals surface area (Å²) in [6.45, 7) is 2.59. The first-order valence-electron chi connectivity index (χ1n) is 10.7. The Morgan fingerprint density at radius 2 is 2.03 bits per heavy atom. The van der Waals surface area contributed by atoms with Crippen molar-refractivity contribution in [2.45, 2.75) is 19.8 Å². The minimum atomic E-state index is -0.892. The third-order valence-corrected chi connectivity index (χ3v) is 7.12. The van der Waals surface area contributed by atoms with E-state index in [9.17, 15) is 10.1 Å². The Kier molecular flexibility index (Phi) is 3.61. The van der Waals surface area contributed by atoms with Crippen molar-refractivity contribution in [3.63, 3.8) is 0 Å². The molecule has 1 saturated carbocycles. The van der Waals surface area contributed by atoms with Crippen LogP contribution in [0.1, 0.15) is 19.8 Å². The van der Waals surface area contributed by atoms with Crippen molar-refractivity contribution in [1.82, 2.24) is 19.4 Å². The van der Waals surface area contributed by atoms with Crippen LogP contribution in [0.3, 0.4) is 0 Å². The van der Waals surface area contributed by atoms with Gasteiger partial charge in [-0.1, -0.05) is 19.1 Å². The average molecular weight is 410 g/mol. The van der Waals surface area contributed by atoms with E-state index < -0.39 is 5.41 Å². The molecule has 2 atom stereocenters. The van der Waals surface area contributed by atoms with Gasteiger partial charge in [-0.15, -0.1) is 0 Å². The second-order valence-electron chi connectivity index (χ2n) is 8.85. The fraction of sp³-hybridized carbons (Fsp3) is 0.333. The number of hydrogen-bond acceptors (Lipinski definition) is 4. The van der Waals surface area contributed by atoms with Crippen LogP contribution in [0.5, 0.6) is 0 Å². The number of aromatic nitrogens is 4. The Labute approximate surface area is 179 Å². The lowest BCUT2D eigenvalue weighted by Crippen LogP contribution is -2.37. The highest BCUT2D eigenvalue weighted by Crippen LogP contribution is 2.54. The summed E-state index contributed by atoms with van der Waals surface area (Å²) in [4.78, 5) is 15.3. The molecule has 4 heterocycles. The Morgan fingerprint density at radius 3 is 2.81 bits per heavy atom. The van der Waals surface area contributed by atoms with Gasteiger partial charge in [0, 0.05) is 42.9 Å². The molecule has 1 aliphatic carbocycles. The standard InChI is InChI=1S/C24H22N6O/c1-15-12-29(23(31)24(15,14-25)17-6-7-17)21-8-9-26-30-13-16(10-22(21)30)18-4-3-5-20-19(18)11-27-28(20)2/h3-5,8-11,13,15,17H,6-7,12H2,1-2H3/t15-,24+/m1/s1. The van der Waals surface area contributed by atoms with Gasteiger partial charge in [-0.25, -0.2) is 4.52 Å². The van der Waals surface area contributed by atoms with Crippen molar-refractivity contribution in [3.8, 4) is 17.2 Å². The fourth-order valence-electron chi connectivity index (χ4n) is 5.31. The van der Waals surface area contributed by atoms with E-state index in [0.29, 0.717) is 6.54 Å². The molecule has 1 aliphatic heterocycles. The minimum absolute atomic E-state index is 0.00397. The molecular weight excluding hydrogens is 388 g/mol. The van der Waals surface area contributed by atoms with E-state index in [1.807, 2.05) is 47.7 Å². The molecule has 154 valence electrons. The van der Waals surface area contributed by atoms with Crippen LogP contribution in [0.15, 0.2) is 48.9 Å². The number of nitrogens with zero attached hydrogens (tertiary/aromatic N) is 6. The zero-order valence-corrected chi connectivity index (χ0v) is 17.5. The number of amides is 1. The molecule has 1 amide bonds. The van der Waals surface area contributed by atoms with Gasteiger partial charge in [0.05, 0.1) is 29.0 Å². The van der Waals surface area contributed by atoms with E-state index in [1.54, 1.807) is 11.1 Å². The zero-order chi connectivity index (χ0) is 21.3. The molecular formula is C24H22N6O. The van der Waals surface area contributed by atoms with Crippen LogP contribution in [0.4, 0.5) is 5.69 Å². The highest BCUT2D eigenvalue weighted by atomic mass is 16.2. The first kappa shape index (κ1) is 18.1. The first-order valence-corrected chi connectivity index (χ1v) is 10.7. The summed E-state index contributed by atoms with van der Waals surface area (Å²) in [5.41, 5.74) is 3.95. The molecule has 7 nitrogen and oxygen atoms in total. The number of rotatable bonds is 3. The highest BCUT2D eigenvalue weighted by molar-refractivity contribution is 6.06. The maximum absolute atomic E-state index is 13.5. The average Bonchev–Trinajstić information content (AvgIpc) is 3.33. The van der Waals surface area contributed by atoms with Gasteiger partial charge in [0.25, 0.3) is 0 Å². The molecule has 0 spiro atoms. The predicted molar refractivity (Wildman–Crippen MR) is 117 cm³/mol. The molecule has 0 radical (unpaired) electrons. The van der Waals surface area contributed by atoms with Crippen LogP contribution < -0.4 is 4.90 Å². The molecule has 6 rings (SSSR count). The van der Waals surface area contributed by atoms with Crippen molar-refractivity contribution >= 4 is 28.0 Å². The van der Waals surface area contributed by atoms with Gasteiger partial charge in [-0.2, -0.15) is 15.5 Å². The molecule has 31 heavy (non-hydrogen) atoms. The monoisotopic (exact) mass is 410 g/mol. The Morgan fingerprint density at radius 1 is 1.19 bits per heavy atom. The van der Waals surface area contributed by atoms with Crippen LogP contribution >= 0.6 is 0 Å². The number of nitriles is 1. The SMILES string of the molecule is C[C@@H]1CN(c2ccnn3cc(-c4cccc5c4cnn5C)cc23)C(=O)[C@]1(C#N)C1CC1. The van der Waals surface area contributed by atoms with Crippen molar-refractivity contribution in [2.24, 2.45) is 24.3 Å². The van der Waals surface area contributed by atoms with Gasteiger partial charge in [0.15, 0.2) is 0 Å². The predicted octanol–water partition coefficient (Wildman–Crippen LogP) is 3.79. The van der Waals surface area contributed by atoms with Crippen molar-refractivity contribution in [3.05, 3.63) is 48.9 Å². The third kappa shape index (κ3) is 2.36. The van der Waals surface area contributed by atoms with Crippen molar-refractivity contribution in [1.29, 1.82) is 5.26 Å². The Balaban J connectivity index is 1.48. The van der Waals surface area contributed by atoms with Gasteiger partial charge >= 0.3 is 0 Å². The fourth-order valence-corrected chi connectivity index (χ4v) is 5.31. The summed E-state index contributed by atoms with van der Waals surface area (Å²) in [7, 11) is 1.93. The molecule has 3 aromatic heterocycles. The largest absolute Gasteiger partial charge is 0.309 e. The third-order valence-electron chi connectivity index (χ3n) is 7.12. The summed E-state index contributed by atoms with van der Waals surface area (Å²) in [5, 5.41) is 19.9. The van der Waals surface area contributed by atoms with Gasteiger partial charge in [-0.3, -0.25) is 9.48 Å². The summed E-state index contributed by atoms with van der Waals surface area (Å²) in [6, 6.07) is 12.5. The van der Waals surface area contributed by atoms with E-state index in [4.69, 9.17) is 0 Å². The summed E-state index contributed by atoms with van der Waals surface area (Å²) < 4.78 is 3.68. The number of fused-ring (bicyclic) bond motifs is 2. The maximum Gasteiger partial charge on any atom is 0.248 e. The van der Waals surface area contributed by atoms with Crippen LogP contribution in [0.25, 0.3) is 27.5 Å². The number of aryl methyl sites for hydroxylation is 1.